The second-order valence-electron chi connectivity index (χ2n) is 8.71. The minimum Gasteiger partial charge on any atom is -0.390 e. The molecule has 0 bridgehead atoms. The molecule has 2 atom stereocenters. The van der Waals surface area contributed by atoms with E-state index in [1.165, 1.54) is 17.7 Å². The van der Waals surface area contributed by atoms with E-state index in [2.05, 4.69) is 34.7 Å². The van der Waals surface area contributed by atoms with Gasteiger partial charge in [0.05, 0.1) is 12.1 Å². The second kappa shape index (κ2) is 11.3. The molecule has 0 unspecified atom stereocenters. The van der Waals surface area contributed by atoms with Crippen LogP contribution < -0.4 is 10.6 Å². The standard InChI is InChI=1S/C28H29F2N3O2/c1-2-18-4-3-5-19(10-18)16-31-17-27(34)26(13-20-11-23(29)15-24(30)12-20)33-28(35)22-6-7-25-21(14-22)8-9-32-25/h3-12,14-15,26-27,31-32,34H,2,13,16-17H2,1H3,(H,33,35)/t26-,27+/m1/s1. The first kappa shape index (κ1) is 24.6. The molecule has 0 radical (unpaired) electrons. The Morgan fingerprint density at radius 3 is 2.51 bits per heavy atom. The molecule has 0 aliphatic heterocycles. The van der Waals surface area contributed by atoms with Gasteiger partial charge < -0.3 is 20.7 Å². The maximum Gasteiger partial charge on any atom is 0.251 e. The molecule has 0 aliphatic carbocycles. The molecule has 0 fully saturated rings. The smallest absolute Gasteiger partial charge is 0.251 e. The number of aliphatic hydroxyl groups excluding tert-OH is 1. The summed E-state index contributed by atoms with van der Waals surface area (Å²) < 4.78 is 27.5. The van der Waals surface area contributed by atoms with E-state index < -0.39 is 23.8 Å². The lowest BCUT2D eigenvalue weighted by Crippen LogP contribution is -2.48. The number of nitrogens with one attached hydrogen (secondary N) is 3. The van der Waals surface area contributed by atoms with Crippen LogP contribution in [0.3, 0.4) is 0 Å². The van der Waals surface area contributed by atoms with Crippen LogP contribution in [0.15, 0.2) is 72.9 Å². The lowest BCUT2D eigenvalue weighted by atomic mass is 9.99. The largest absolute Gasteiger partial charge is 0.390 e. The van der Waals surface area contributed by atoms with Crippen LogP contribution in [0.5, 0.6) is 0 Å². The van der Waals surface area contributed by atoms with E-state index in [9.17, 15) is 18.7 Å². The number of aryl methyl sites for hydroxylation is 1. The molecule has 1 amide bonds. The van der Waals surface area contributed by atoms with Gasteiger partial charge >= 0.3 is 0 Å². The predicted octanol–water partition coefficient (Wildman–Crippen LogP) is 4.50. The minimum absolute atomic E-state index is 0.0704. The number of aliphatic hydroxyl groups is 1. The van der Waals surface area contributed by atoms with Gasteiger partial charge in [0.2, 0.25) is 0 Å². The summed E-state index contributed by atoms with van der Waals surface area (Å²) in [6.07, 6.45) is 1.81. The Balaban J connectivity index is 1.47. The number of aromatic amines is 1. The Bertz CT molecular complexity index is 1280. The molecule has 0 saturated carbocycles. The highest BCUT2D eigenvalue weighted by molar-refractivity contribution is 5.98. The zero-order valence-corrected chi connectivity index (χ0v) is 19.5. The van der Waals surface area contributed by atoms with Crippen molar-refractivity contribution in [3.8, 4) is 0 Å². The van der Waals surface area contributed by atoms with Crippen LogP contribution >= 0.6 is 0 Å². The van der Waals surface area contributed by atoms with Gasteiger partial charge in [0.25, 0.3) is 5.91 Å². The van der Waals surface area contributed by atoms with Crippen LogP contribution in [-0.2, 0) is 19.4 Å². The molecule has 182 valence electrons. The maximum absolute atomic E-state index is 13.8. The number of carbonyl (C=O) groups excluding carboxylic acids is 1. The summed E-state index contributed by atoms with van der Waals surface area (Å²) in [6.45, 7) is 2.83. The van der Waals surface area contributed by atoms with E-state index in [4.69, 9.17) is 0 Å². The first-order valence-corrected chi connectivity index (χ1v) is 11.7. The van der Waals surface area contributed by atoms with E-state index in [1.807, 2.05) is 24.3 Å². The van der Waals surface area contributed by atoms with Crippen molar-refractivity contribution in [1.29, 1.82) is 0 Å². The number of aromatic nitrogens is 1. The number of H-pyrrole nitrogens is 1. The van der Waals surface area contributed by atoms with Crippen LogP contribution in [0.25, 0.3) is 10.9 Å². The number of halogens is 2. The first-order valence-electron chi connectivity index (χ1n) is 11.7. The molecule has 4 aromatic rings. The molecule has 7 heteroatoms. The third kappa shape index (κ3) is 6.53. The molecule has 4 rings (SSSR count). The zero-order chi connectivity index (χ0) is 24.8. The SMILES string of the molecule is CCc1cccc(CNC[C@H](O)[C@@H](Cc2cc(F)cc(F)c2)NC(=O)c2ccc3[nH]ccc3c2)c1. The number of benzene rings is 3. The molecule has 1 heterocycles. The number of carbonyl (C=O) groups is 1. The summed E-state index contributed by atoms with van der Waals surface area (Å²) in [5.41, 5.74) is 4.00. The molecule has 0 aliphatic rings. The predicted molar refractivity (Wildman–Crippen MR) is 133 cm³/mol. The molecule has 1 aromatic heterocycles. The van der Waals surface area contributed by atoms with Crippen molar-refractivity contribution < 1.29 is 18.7 Å². The van der Waals surface area contributed by atoms with Gasteiger partial charge in [-0.05, 0) is 65.9 Å². The van der Waals surface area contributed by atoms with Crippen molar-refractivity contribution in [3.05, 3.63) is 107 Å². The van der Waals surface area contributed by atoms with Gasteiger partial charge in [-0.3, -0.25) is 4.79 Å². The Labute approximate surface area is 203 Å². The van der Waals surface area contributed by atoms with Gasteiger partial charge in [0.15, 0.2) is 0 Å². The molecular weight excluding hydrogens is 448 g/mol. The normalized spacial score (nSPS) is 13.0. The van der Waals surface area contributed by atoms with E-state index in [-0.39, 0.29) is 18.9 Å². The number of rotatable bonds is 10. The van der Waals surface area contributed by atoms with Crippen molar-refractivity contribution >= 4 is 16.8 Å². The van der Waals surface area contributed by atoms with Gasteiger partial charge in [-0.25, -0.2) is 8.78 Å². The minimum atomic E-state index is -0.990. The highest BCUT2D eigenvalue weighted by Crippen LogP contribution is 2.16. The van der Waals surface area contributed by atoms with Gasteiger partial charge in [-0.15, -0.1) is 0 Å². The summed E-state index contributed by atoms with van der Waals surface area (Å²) in [6, 6.07) is 17.7. The average Bonchev–Trinajstić information content (AvgIpc) is 3.31. The Morgan fingerprint density at radius 1 is 0.971 bits per heavy atom. The van der Waals surface area contributed by atoms with Crippen molar-refractivity contribution in [2.45, 2.75) is 38.5 Å². The topological polar surface area (TPSA) is 77.2 Å². The van der Waals surface area contributed by atoms with Crippen LogP contribution in [0, 0.1) is 11.6 Å². The highest BCUT2D eigenvalue weighted by Gasteiger charge is 2.23. The Hall–Kier alpha value is -3.55. The van der Waals surface area contributed by atoms with Crippen LogP contribution in [-0.4, -0.2) is 34.7 Å². The zero-order valence-electron chi connectivity index (χ0n) is 19.5. The summed E-state index contributed by atoms with van der Waals surface area (Å²) >= 11 is 0. The quantitative estimate of drug-likeness (QED) is 0.272. The summed E-state index contributed by atoms with van der Waals surface area (Å²) in [4.78, 5) is 16.1. The van der Waals surface area contributed by atoms with E-state index in [1.54, 1.807) is 18.3 Å². The van der Waals surface area contributed by atoms with Gasteiger partial charge in [-0.1, -0.05) is 31.2 Å². The average molecular weight is 478 g/mol. The molecule has 0 spiro atoms. The molecule has 4 N–H and O–H groups in total. The fraction of sp³-hybridized carbons (Fsp3) is 0.250. The van der Waals surface area contributed by atoms with E-state index in [0.717, 1.165) is 29.0 Å². The second-order valence-corrected chi connectivity index (χ2v) is 8.71. The van der Waals surface area contributed by atoms with Gasteiger partial charge in [-0.2, -0.15) is 0 Å². The molecule has 35 heavy (non-hydrogen) atoms. The lowest BCUT2D eigenvalue weighted by molar-refractivity contribution is 0.0830. The third-order valence-corrected chi connectivity index (χ3v) is 6.06. The van der Waals surface area contributed by atoms with Crippen molar-refractivity contribution in [1.82, 2.24) is 15.6 Å². The molecule has 0 saturated heterocycles. The Morgan fingerprint density at radius 2 is 1.74 bits per heavy atom. The number of amides is 1. The number of fused-ring (bicyclic) bond motifs is 1. The fourth-order valence-corrected chi connectivity index (χ4v) is 4.18. The van der Waals surface area contributed by atoms with Crippen molar-refractivity contribution in [2.24, 2.45) is 0 Å². The van der Waals surface area contributed by atoms with Crippen LogP contribution in [0.1, 0.15) is 34.0 Å². The van der Waals surface area contributed by atoms with Crippen molar-refractivity contribution in [2.75, 3.05) is 6.54 Å². The molecule has 5 nitrogen and oxygen atoms in total. The van der Waals surface area contributed by atoms with E-state index >= 15 is 0 Å². The molecular formula is C28H29F2N3O2. The maximum atomic E-state index is 13.8. The van der Waals surface area contributed by atoms with Gasteiger partial charge in [0, 0.05) is 41.8 Å². The van der Waals surface area contributed by atoms with Gasteiger partial charge in [0.1, 0.15) is 11.6 Å². The summed E-state index contributed by atoms with van der Waals surface area (Å²) in [5, 5.41) is 17.9. The highest BCUT2D eigenvalue weighted by atomic mass is 19.1. The lowest BCUT2D eigenvalue weighted by Gasteiger charge is -2.25. The molecule has 3 aromatic carbocycles. The fourth-order valence-electron chi connectivity index (χ4n) is 4.18. The van der Waals surface area contributed by atoms with Crippen molar-refractivity contribution in [3.63, 3.8) is 0 Å². The Kier molecular flexibility index (Phi) is 7.90. The first-order chi connectivity index (χ1) is 16.9. The number of hydrogen-bond donors (Lipinski definition) is 4. The van der Waals surface area contributed by atoms with Crippen LogP contribution in [0.2, 0.25) is 0 Å². The number of hydrogen-bond acceptors (Lipinski definition) is 3. The van der Waals surface area contributed by atoms with Crippen LogP contribution in [0.4, 0.5) is 8.78 Å². The summed E-state index contributed by atoms with van der Waals surface area (Å²) in [5.74, 6) is -1.78. The van der Waals surface area contributed by atoms with E-state index in [0.29, 0.717) is 17.7 Å². The third-order valence-electron chi connectivity index (χ3n) is 6.06. The summed E-state index contributed by atoms with van der Waals surface area (Å²) in [7, 11) is 0. The monoisotopic (exact) mass is 477 g/mol.